The van der Waals surface area contributed by atoms with Crippen molar-refractivity contribution in [1.82, 2.24) is 5.32 Å². The number of hydrogen-bond donors (Lipinski definition) is 2. The van der Waals surface area contributed by atoms with Crippen LogP contribution < -0.4 is 11.1 Å². The molecule has 19 heavy (non-hydrogen) atoms. The first-order valence-electron chi connectivity index (χ1n) is 7.37. The number of benzene rings is 1. The van der Waals surface area contributed by atoms with Crippen molar-refractivity contribution < 1.29 is 4.74 Å². The van der Waals surface area contributed by atoms with Crippen LogP contribution in [0.3, 0.4) is 0 Å². The minimum Gasteiger partial charge on any atom is -0.379 e. The van der Waals surface area contributed by atoms with Crippen molar-refractivity contribution in [3.05, 3.63) is 35.4 Å². The predicted octanol–water partition coefficient (Wildman–Crippen LogP) is 2.58. The lowest BCUT2D eigenvalue weighted by Gasteiger charge is -2.26. The Morgan fingerprint density at radius 1 is 1.32 bits per heavy atom. The first kappa shape index (κ1) is 14.5. The fraction of sp³-hybridized carbons (Fsp3) is 0.625. The monoisotopic (exact) mass is 262 g/mol. The second kappa shape index (κ2) is 7.04. The van der Waals surface area contributed by atoms with Gasteiger partial charge in [-0.2, -0.15) is 0 Å². The van der Waals surface area contributed by atoms with E-state index in [-0.39, 0.29) is 6.04 Å². The van der Waals surface area contributed by atoms with Gasteiger partial charge >= 0.3 is 0 Å². The van der Waals surface area contributed by atoms with Crippen molar-refractivity contribution in [2.75, 3.05) is 19.8 Å². The summed E-state index contributed by atoms with van der Waals surface area (Å²) < 4.78 is 5.47. The van der Waals surface area contributed by atoms with Gasteiger partial charge in [-0.05, 0) is 29.9 Å². The van der Waals surface area contributed by atoms with Crippen LogP contribution in [0, 0.1) is 0 Å². The number of nitrogens with one attached hydrogen (secondary N) is 1. The molecule has 1 saturated heterocycles. The van der Waals surface area contributed by atoms with Crippen LogP contribution in [0.2, 0.25) is 0 Å². The Balaban J connectivity index is 1.93. The topological polar surface area (TPSA) is 47.3 Å². The Morgan fingerprint density at radius 2 is 2.00 bits per heavy atom. The van der Waals surface area contributed by atoms with Crippen LogP contribution in [0.15, 0.2) is 24.3 Å². The van der Waals surface area contributed by atoms with E-state index in [9.17, 15) is 0 Å². The van der Waals surface area contributed by atoms with E-state index in [2.05, 4.69) is 43.4 Å². The molecule has 0 aliphatic carbocycles. The summed E-state index contributed by atoms with van der Waals surface area (Å²) in [6.07, 6.45) is 2.11. The summed E-state index contributed by atoms with van der Waals surface area (Å²) in [5.74, 6) is 0.624. The number of hydrogen-bond acceptors (Lipinski definition) is 3. The SMILES string of the molecule is CCC(C)c1ccc(C(N)CC2COCCN2)cc1. The largest absolute Gasteiger partial charge is 0.379 e. The summed E-state index contributed by atoms with van der Waals surface area (Å²) in [6, 6.07) is 9.26. The number of nitrogens with two attached hydrogens (primary N) is 1. The average molecular weight is 262 g/mol. The third kappa shape index (κ3) is 4.03. The number of rotatable bonds is 5. The van der Waals surface area contributed by atoms with Crippen LogP contribution in [-0.4, -0.2) is 25.8 Å². The standard InChI is InChI=1S/C16H26N2O/c1-3-12(2)13-4-6-14(7-5-13)16(17)10-15-11-19-9-8-18-15/h4-7,12,15-16,18H,3,8-11,17H2,1-2H3. The van der Waals surface area contributed by atoms with Gasteiger partial charge in [-0.15, -0.1) is 0 Å². The van der Waals surface area contributed by atoms with Gasteiger partial charge in [-0.3, -0.25) is 0 Å². The van der Waals surface area contributed by atoms with Crippen LogP contribution in [0.25, 0.3) is 0 Å². The first-order chi connectivity index (χ1) is 9.20. The second-order valence-corrected chi connectivity index (χ2v) is 5.54. The molecule has 3 heteroatoms. The lowest BCUT2D eigenvalue weighted by molar-refractivity contribution is 0.0720. The van der Waals surface area contributed by atoms with Crippen molar-refractivity contribution in [3.63, 3.8) is 0 Å². The second-order valence-electron chi connectivity index (χ2n) is 5.54. The van der Waals surface area contributed by atoms with Gasteiger partial charge in [0.25, 0.3) is 0 Å². The molecule has 0 aromatic heterocycles. The van der Waals surface area contributed by atoms with E-state index in [1.165, 1.54) is 17.5 Å². The first-order valence-corrected chi connectivity index (χ1v) is 7.37. The molecule has 0 amide bonds. The van der Waals surface area contributed by atoms with E-state index < -0.39 is 0 Å². The van der Waals surface area contributed by atoms with E-state index in [1.807, 2.05) is 0 Å². The zero-order valence-corrected chi connectivity index (χ0v) is 12.1. The van der Waals surface area contributed by atoms with Crippen molar-refractivity contribution >= 4 is 0 Å². The highest BCUT2D eigenvalue weighted by Crippen LogP contribution is 2.22. The molecule has 1 aliphatic rings. The van der Waals surface area contributed by atoms with E-state index in [0.29, 0.717) is 12.0 Å². The summed E-state index contributed by atoms with van der Waals surface area (Å²) in [6.45, 7) is 7.01. The molecule has 1 aromatic rings. The molecule has 1 aliphatic heterocycles. The van der Waals surface area contributed by atoms with Crippen LogP contribution in [-0.2, 0) is 4.74 Å². The maximum absolute atomic E-state index is 6.29. The Hall–Kier alpha value is -0.900. The van der Waals surface area contributed by atoms with E-state index in [1.54, 1.807) is 0 Å². The lowest BCUT2D eigenvalue weighted by atomic mass is 9.94. The molecule has 3 atom stereocenters. The maximum atomic E-state index is 6.29. The average Bonchev–Trinajstić information content (AvgIpc) is 2.47. The fourth-order valence-electron chi connectivity index (χ4n) is 2.52. The summed E-state index contributed by atoms with van der Waals surface area (Å²) in [5, 5.41) is 3.45. The molecular formula is C16H26N2O. The van der Waals surface area contributed by atoms with Crippen molar-refractivity contribution in [2.45, 2.75) is 44.7 Å². The van der Waals surface area contributed by atoms with E-state index >= 15 is 0 Å². The highest BCUT2D eigenvalue weighted by Gasteiger charge is 2.17. The Bertz CT molecular complexity index is 371. The zero-order valence-electron chi connectivity index (χ0n) is 12.1. The molecule has 2 rings (SSSR count). The highest BCUT2D eigenvalue weighted by molar-refractivity contribution is 5.27. The minimum absolute atomic E-state index is 0.0881. The molecule has 106 valence electrons. The van der Waals surface area contributed by atoms with Gasteiger partial charge in [0.2, 0.25) is 0 Å². The molecule has 3 nitrogen and oxygen atoms in total. The van der Waals surface area contributed by atoms with Gasteiger partial charge in [0.1, 0.15) is 0 Å². The van der Waals surface area contributed by atoms with Crippen LogP contribution in [0.4, 0.5) is 0 Å². The van der Waals surface area contributed by atoms with Gasteiger partial charge in [-0.25, -0.2) is 0 Å². The Labute approximate surface area is 116 Å². The summed E-state index contributed by atoms with van der Waals surface area (Å²) in [4.78, 5) is 0. The molecule has 0 spiro atoms. The van der Waals surface area contributed by atoms with Gasteiger partial charge in [0.15, 0.2) is 0 Å². The molecule has 0 bridgehead atoms. The predicted molar refractivity (Wildman–Crippen MR) is 79.3 cm³/mol. The smallest absolute Gasteiger partial charge is 0.0620 e. The third-order valence-corrected chi connectivity index (χ3v) is 4.08. The molecule has 0 saturated carbocycles. The molecule has 3 unspecified atom stereocenters. The minimum atomic E-state index is 0.0881. The number of ether oxygens (including phenoxy) is 1. The van der Waals surface area contributed by atoms with Crippen molar-refractivity contribution in [3.8, 4) is 0 Å². The van der Waals surface area contributed by atoms with E-state index in [4.69, 9.17) is 10.5 Å². The highest BCUT2D eigenvalue weighted by atomic mass is 16.5. The molecule has 1 fully saturated rings. The van der Waals surface area contributed by atoms with Gasteiger partial charge in [-0.1, -0.05) is 38.1 Å². The van der Waals surface area contributed by atoms with Gasteiger partial charge in [0.05, 0.1) is 13.2 Å². The summed E-state index contributed by atoms with van der Waals surface area (Å²) >= 11 is 0. The normalized spacial score (nSPS) is 23.0. The third-order valence-electron chi connectivity index (χ3n) is 4.08. The molecular weight excluding hydrogens is 236 g/mol. The Morgan fingerprint density at radius 3 is 2.58 bits per heavy atom. The molecule has 0 radical (unpaired) electrons. The zero-order chi connectivity index (χ0) is 13.7. The quantitative estimate of drug-likeness (QED) is 0.857. The summed E-state index contributed by atoms with van der Waals surface area (Å²) in [5.41, 5.74) is 8.91. The maximum Gasteiger partial charge on any atom is 0.0620 e. The van der Waals surface area contributed by atoms with Crippen LogP contribution >= 0.6 is 0 Å². The van der Waals surface area contributed by atoms with E-state index in [0.717, 1.165) is 26.2 Å². The van der Waals surface area contributed by atoms with Gasteiger partial charge in [0, 0.05) is 18.6 Å². The lowest BCUT2D eigenvalue weighted by Crippen LogP contribution is -2.42. The van der Waals surface area contributed by atoms with Crippen LogP contribution in [0.5, 0.6) is 0 Å². The Kier molecular flexibility index (Phi) is 5.37. The van der Waals surface area contributed by atoms with Crippen molar-refractivity contribution in [1.29, 1.82) is 0 Å². The molecule has 1 heterocycles. The fourth-order valence-corrected chi connectivity index (χ4v) is 2.52. The number of morpholine rings is 1. The van der Waals surface area contributed by atoms with Gasteiger partial charge < -0.3 is 15.8 Å². The summed E-state index contributed by atoms with van der Waals surface area (Å²) in [7, 11) is 0. The molecule has 3 N–H and O–H groups in total. The van der Waals surface area contributed by atoms with Crippen LogP contribution in [0.1, 0.15) is 49.8 Å². The van der Waals surface area contributed by atoms with Crippen molar-refractivity contribution in [2.24, 2.45) is 5.73 Å². The molecule has 1 aromatic carbocycles.